The Hall–Kier alpha value is -1.26. The minimum atomic E-state index is -0.810. The zero-order chi connectivity index (χ0) is 15.0. The van der Waals surface area contributed by atoms with E-state index in [-0.39, 0.29) is 18.4 Å². The average Bonchev–Trinajstić information content (AvgIpc) is 2.22. The second-order valence-electron chi connectivity index (χ2n) is 6.05. The van der Waals surface area contributed by atoms with Gasteiger partial charge < -0.3 is 15.3 Å². The van der Waals surface area contributed by atoms with E-state index < -0.39 is 5.97 Å². The van der Waals surface area contributed by atoms with Crippen molar-refractivity contribution in [2.75, 3.05) is 20.1 Å². The van der Waals surface area contributed by atoms with Crippen LogP contribution in [0.25, 0.3) is 0 Å². The highest BCUT2D eigenvalue weighted by atomic mass is 16.4. The van der Waals surface area contributed by atoms with Gasteiger partial charge in [0.25, 0.3) is 0 Å². The van der Waals surface area contributed by atoms with E-state index >= 15 is 0 Å². The molecule has 5 heteroatoms. The summed E-state index contributed by atoms with van der Waals surface area (Å²) in [6.45, 7) is 9.33. The average molecular weight is 272 g/mol. The monoisotopic (exact) mass is 272 g/mol. The second kappa shape index (κ2) is 8.77. The molecule has 19 heavy (non-hydrogen) atoms. The van der Waals surface area contributed by atoms with Crippen LogP contribution in [0.3, 0.4) is 0 Å². The fourth-order valence-corrected chi connectivity index (χ4v) is 2.15. The number of aliphatic carboxylic acids is 1. The first kappa shape index (κ1) is 17.7. The Balaban J connectivity index is 4.22. The molecule has 0 rings (SSSR count). The summed E-state index contributed by atoms with van der Waals surface area (Å²) in [5.41, 5.74) is 0. The van der Waals surface area contributed by atoms with Gasteiger partial charge in [-0.25, -0.2) is 4.79 Å². The van der Waals surface area contributed by atoms with Crippen molar-refractivity contribution >= 4 is 12.0 Å². The Labute approximate surface area is 116 Å². The zero-order valence-electron chi connectivity index (χ0n) is 12.8. The summed E-state index contributed by atoms with van der Waals surface area (Å²) in [6.07, 6.45) is 0.910. The van der Waals surface area contributed by atoms with Gasteiger partial charge in [0.15, 0.2) is 0 Å². The maximum atomic E-state index is 11.8. The van der Waals surface area contributed by atoms with E-state index in [1.165, 1.54) is 0 Å². The standard InChI is InChI=1S/C14H28N2O3/c1-10(2)6-12(7-13(17)18)8-15-14(19)16(5)9-11(3)4/h10-12H,6-9H2,1-5H3,(H,15,19)(H,17,18)/t12-/m0/s1. The van der Waals surface area contributed by atoms with Crippen LogP contribution in [0.5, 0.6) is 0 Å². The van der Waals surface area contributed by atoms with Gasteiger partial charge in [-0.3, -0.25) is 4.79 Å². The van der Waals surface area contributed by atoms with Crippen LogP contribution in [0.1, 0.15) is 40.5 Å². The van der Waals surface area contributed by atoms with Crippen molar-refractivity contribution in [1.29, 1.82) is 0 Å². The van der Waals surface area contributed by atoms with Gasteiger partial charge in [0.05, 0.1) is 0 Å². The largest absolute Gasteiger partial charge is 0.481 e. The van der Waals surface area contributed by atoms with Crippen molar-refractivity contribution in [1.82, 2.24) is 10.2 Å². The number of nitrogens with one attached hydrogen (secondary N) is 1. The molecule has 2 amide bonds. The normalized spacial score (nSPS) is 12.6. The third-order valence-corrected chi connectivity index (χ3v) is 2.80. The summed E-state index contributed by atoms with van der Waals surface area (Å²) in [6, 6.07) is -0.132. The Morgan fingerprint density at radius 1 is 1.16 bits per heavy atom. The molecule has 0 aromatic rings. The molecule has 0 aromatic heterocycles. The first-order chi connectivity index (χ1) is 8.72. The highest BCUT2D eigenvalue weighted by Gasteiger charge is 2.17. The topological polar surface area (TPSA) is 69.6 Å². The number of hydrogen-bond acceptors (Lipinski definition) is 2. The van der Waals surface area contributed by atoms with Crippen molar-refractivity contribution in [3.63, 3.8) is 0 Å². The first-order valence-corrected chi connectivity index (χ1v) is 6.93. The van der Waals surface area contributed by atoms with Crippen LogP contribution in [0.2, 0.25) is 0 Å². The van der Waals surface area contributed by atoms with Gasteiger partial charge in [0.1, 0.15) is 0 Å². The van der Waals surface area contributed by atoms with Gasteiger partial charge in [-0.2, -0.15) is 0 Å². The molecule has 1 atom stereocenters. The number of hydrogen-bond donors (Lipinski definition) is 2. The molecule has 2 N–H and O–H groups in total. The number of amides is 2. The highest BCUT2D eigenvalue weighted by molar-refractivity contribution is 5.74. The third-order valence-electron chi connectivity index (χ3n) is 2.80. The molecule has 0 aliphatic carbocycles. The SMILES string of the molecule is CC(C)C[C@H](CNC(=O)N(C)CC(C)C)CC(=O)O. The van der Waals surface area contributed by atoms with Crippen molar-refractivity contribution in [2.24, 2.45) is 17.8 Å². The van der Waals surface area contributed by atoms with Crippen molar-refractivity contribution in [3.8, 4) is 0 Å². The van der Waals surface area contributed by atoms with E-state index in [0.717, 1.165) is 6.42 Å². The Morgan fingerprint density at radius 2 is 1.74 bits per heavy atom. The maximum absolute atomic E-state index is 11.8. The van der Waals surface area contributed by atoms with E-state index in [9.17, 15) is 9.59 Å². The molecule has 0 aromatic carbocycles. The lowest BCUT2D eigenvalue weighted by atomic mass is 9.94. The molecular formula is C14H28N2O3. The van der Waals surface area contributed by atoms with Crippen LogP contribution in [0.4, 0.5) is 4.79 Å². The molecule has 0 bridgehead atoms. The molecule has 0 unspecified atom stereocenters. The minimum Gasteiger partial charge on any atom is -0.481 e. The molecular weight excluding hydrogens is 244 g/mol. The summed E-state index contributed by atoms with van der Waals surface area (Å²) in [7, 11) is 1.75. The van der Waals surface area contributed by atoms with Crippen LogP contribution in [0, 0.1) is 17.8 Å². The van der Waals surface area contributed by atoms with E-state index in [1.807, 2.05) is 0 Å². The smallest absolute Gasteiger partial charge is 0.317 e. The number of rotatable bonds is 8. The summed E-state index contributed by atoms with van der Waals surface area (Å²) < 4.78 is 0. The molecule has 5 nitrogen and oxygen atoms in total. The predicted molar refractivity (Wildman–Crippen MR) is 76.1 cm³/mol. The fourth-order valence-electron chi connectivity index (χ4n) is 2.15. The lowest BCUT2D eigenvalue weighted by Crippen LogP contribution is -2.41. The summed E-state index contributed by atoms with van der Waals surface area (Å²) in [5.74, 6) is 0.0280. The lowest BCUT2D eigenvalue weighted by Gasteiger charge is -2.23. The number of carbonyl (C=O) groups is 2. The van der Waals surface area contributed by atoms with Crippen LogP contribution >= 0.6 is 0 Å². The molecule has 0 saturated heterocycles. The molecule has 0 heterocycles. The van der Waals surface area contributed by atoms with E-state index in [4.69, 9.17) is 5.11 Å². The van der Waals surface area contributed by atoms with Gasteiger partial charge in [-0.1, -0.05) is 27.7 Å². The van der Waals surface area contributed by atoms with Crippen molar-refractivity contribution in [2.45, 2.75) is 40.5 Å². The van der Waals surface area contributed by atoms with Gasteiger partial charge >= 0.3 is 12.0 Å². The highest BCUT2D eigenvalue weighted by Crippen LogP contribution is 2.14. The van der Waals surface area contributed by atoms with Gasteiger partial charge in [-0.15, -0.1) is 0 Å². The quantitative estimate of drug-likeness (QED) is 0.713. The number of carboxylic acid groups (broad SMARTS) is 1. The lowest BCUT2D eigenvalue weighted by molar-refractivity contribution is -0.138. The minimum absolute atomic E-state index is 0.00565. The van der Waals surface area contributed by atoms with Crippen LogP contribution in [0.15, 0.2) is 0 Å². The summed E-state index contributed by atoms with van der Waals surface area (Å²) in [4.78, 5) is 24.3. The second-order valence-corrected chi connectivity index (χ2v) is 6.05. The van der Waals surface area contributed by atoms with Crippen LogP contribution in [-0.4, -0.2) is 42.1 Å². The number of carbonyl (C=O) groups excluding carboxylic acids is 1. The van der Waals surface area contributed by atoms with Gasteiger partial charge in [0.2, 0.25) is 0 Å². The maximum Gasteiger partial charge on any atom is 0.317 e. The molecule has 0 aliphatic rings. The first-order valence-electron chi connectivity index (χ1n) is 6.93. The Bertz CT molecular complexity index is 290. The van der Waals surface area contributed by atoms with E-state index in [0.29, 0.717) is 24.9 Å². The van der Waals surface area contributed by atoms with Crippen LogP contribution in [-0.2, 0) is 4.79 Å². The number of nitrogens with zero attached hydrogens (tertiary/aromatic N) is 1. The molecule has 0 aliphatic heterocycles. The number of urea groups is 1. The zero-order valence-corrected chi connectivity index (χ0v) is 12.8. The molecule has 0 fully saturated rings. The fraction of sp³-hybridized carbons (Fsp3) is 0.857. The molecule has 0 saturated carbocycles. The van der Waals surface area contributed by atoms with Crippen molar-refractivity contribution in [3.05, 3.63) is 0 Å². The predicted octanol–water partition coefficient (Wildman–Crippen LogP) is 2.42. The number of carboxylic acids is 1. The van der Waals surface area contributed by atoms with Crippen LogP contribution < -0.4 is 5.32 Å². The molecule has 112 valence electrons. The summed E-state index contributed by atoms with van der Waals surface area (Å²) in [5, 5.41) is 11.7. The van der Waals surface area contributed by atoms with E-state index in [2.05, 4.69) is 33.0 Å². The van der Waals surface area contributed by atoms with Gasteiger partial charge in [-0.05, 0) is 24.2 Å². The molecule has 0 spiro atoms. The van der Waals surface area contributed by atoms with Crippen molar-refractivity contribution < 1.29 is 14.7 Å². The molecule has 0 radical (unpaired) electrons. The van der Waals surface area contributed by atoms with Gasteiger partial charge in [0, 0.05) is 26.6 Å². The third kappa shape index (κ3) is 9.33. The Kier molecular flexibility index (Phi) is 8.19. The van der Waals surface area contributed by atoms with E-state index in [1.54, 1.807) is 11.9 Å². The Morgan fingerprint density at radius 3 is 2.16 bits per heavy atom. The summed E-state index contributed by atoms with van der Waals surface area (Å²) >= 11 is 0.